The average Bonchev–Trinajstić information content (AvgIpc) is 3.89. The number of furan rings is 1. The molecule has 1 heterocycles. The van der Waals surface area contributed by atoms with Gasteiger partial charge in [0.05, 0.1) is 0 Å². The predicted octanol–water partition coefficient (Wildman–Crippen LogP) is 20.6. The van der Waals surface area contributed by atoms with Crippen LogP contribution in [0.3, 0.4) is 0 Å². The molecule has 0 radical (unpaired) electrons. The second-order valence-electron chi connectivity index (χ2n) is 20.4. The Morgan fingerprint density at radius 1 is 0.234 bits per heavy atom. The molecule has 12 rings (SSSR count). The van der Waals surface area contributed by atoms with Crippen molar-refractivity contribution in [3.63, 3.8) is 0 Å². The molecule has 0 atom stereocenters. The van der Waals surface area contributed by atoms with Gasteiger partial charge < -0.3 is 24.0 Å². The van der Waals surface area contributed by atoms with Crippen molar-refractivity contribution >= 4 is 84.5 Å². The molecule has 0 saturated carbocycles. The van der Waals surface area contributed by atoms with Crippen molar-refractivity contribution < 1.29 is 4.42 Å². The average molecular weight is 997 g/mol. The van der Waals surface area contributed by atoms with Gasteiger partial charge in [0.15, 0.2) is 0 Å². The van der Waals surface area contributed by atoms with Crippen LogP contribution in [0.15, 0.2) is 259 Å². The van der Waals surface area contributed by atoms with E-state index in [2.05, 4.69) is 316 Å². The van der Waals surface area contributed by atoms with Gasteiger partial charge in [-0.05, 0) is 230 Å². The lowest BCUT2D eigenvalue weighted by Gasteiger charge is -2.27. The number of rotatable bonds is 13. The number of hydrogen-bond donors (Lipinski definition) is 0. The number of anilines is 11. The second kappa shape index (κ2) is 20.6. The van der Waals surface area contributed by atoms with Crippen molar-refractivity contribution in [1.29, 1.82) is 0 Å². The van der Waals surface area contributed by atoms with Gasteiger partial charge in [-0.2, -0.15) is 0 Å². The van der Waals surface area contributed by atoms with Gasteiger partial charge in [-0.15, -0.1) is 0 Å². The van der Waals surface area contributed by atoms with E-state index in [9.17, 15) is 0 Å². The van der Waals surface area contributed by atoms with E-state index in [4.69, 9.17) is 4.42 Å². The summed E-state index contributed by atoms with van der Waals surface area (Å²) in [5.41, 5.74) is 24.5. The smallest absolute Gasteiger partial charge is 0.135 e. The van der Waals surface area contributed by atoms with Gasteiger partial charge in [-0.1, -0.05) is 109 Å². The van der Waals surface area contributed by atoms with E-state index < -0.39 is 0 Å². The minimum atomic E-state index is 0.850. The lowest BCUT2D eigenvalue weighted by atomic mass is 10.0. The number of aryl methyl sites for hydroxylation is 5. The molecule has 5 heteroatoms. The molecule has 1 aromatic heterocycles. The molecule has 0 unspecified atom stereocenters. The number of fused-ring (bicyclic) bond motifs is 3. The van der Waals surface area contributed by atoms with Crippen molar-refractivity contribution in [2.24, 2.45) is 0 Å². The summed E-state index contributed by atoms with van der Waals surface area (Å²) < 4.78 is 6.55. The van der Waals surface area contributed by atoms with Crippen LogP contribution in [-0.4, -0.2) is 7.05 Å². The lowest BCUT2D eigenvalue weighted by molar-refractivity contribution is 0.669. The Morgan fingerprint density at radius 3 is 0.805 bits per heavy atom. The molecule has 0 fully saturated rings. The first-order chi connectivity index (χ1) is 37.6. The second-order valence-corrected chi connectivity index (χ2v) is 20.4. The van der Waals surface area contributed by atoms with E-state index in [1.165, 1.54) is 44.6 Å². The molecule has 11 aromatic carbocycles. The van der Waals surface area contributed by atoms with Crippen LogP contribution < -0.4 is 19.6 Å². The summed E-state index contributed by atoms with van der Waals surface area (Å²) in [7, 11) is 2.12. The molecule has 0 N–H and O–H groups in total. The summed E-state index contributed by atoms with van der Waals surface area (Å²) in [6, 6.07) is 92.2. The normalized spacial score (nSPS) is 11.2. The first-order valence-electron chi connectivity index (χ1n) is 26.4. The molecule has 0 aliphatic heterocycles. The molecule has 77 heavy (non-hydrogen) atoms. The molecule has 0 aliphatic rings. The van der Waals surface area contributed by atoms with E-state index >= 15 is 0 Å². The zero-order valence-corrected chi connectivity index (χ0v) is 44.4. The third kappa shape index (κ3) is 9.95. The minimum Gasteiger partial charge on any atom is -0.456 e. The molecule has 0 aliphatic carbocycles. The fourth-order valence-corrected chi connectivity index (χ4v) is 10.7. The van der Waals surface area contributed by atoms with Crippen LogP contribution >= 0.6 is 0 Å². The molecular formula is C72H60N4O. The highest BCUT2D eigenvalue weighted by atomic mass is 16.3. The Balaban J connectivity index is 0.843. The highest BCUT2D eigenvalue weighted by Gasteiger charge is 2.20. The van der Waals surface area contributed by atoms with Crippen molar-refractivity contribution in [3.05, 3.63) is 283 Å². The maximum absolute atomic E-state index is 6.55. The van der Waals surface area contributed by atoms with E-state index in [0.717, 1.165) is 89.9 Å². The standard InChI is InChI=1S/C72H60N4O/c1-49-12-7-17-62(42-49)73(6)58-30-22-54(23-31-58)55-24-32-59(33-25-55)74(63-18-8-13-50(2)43-63)60-34-26-56(27-35-60)57-28-36-61(37-29-57)75(64-19-9-14-51(3)44-64)67-38-40-71-69(47-67)70-48-68(39-41-72(70)77-71)76(65-20-10-15-52(4)45-65)66-21-11-16-53(5)46-66/h7-48H,1-6H3. The van der Waals surface area contributed by atoms with Gasteiger partial charge in [-0.3, -0.25) is 0 Å². The zero-order chi connectivity index (χ0) is 52.6. The largest absolute Gasteiger partial charge is 0.456 e. The molecule has 374 valence electrons. The van der Waals surface area contributed by atoms with Crippen molar-refractivity contribution in [2.75, 3.05) is 26.6 Å². The van der Waals surface area contributed by atoms with Crippen molar-refractivity contribution in [1.82, 2.24) is 0 Å². The molecule has 0 bridgehead atoms. The number of benzene rings is 11. The minimum absolute atomic E-state index is 0.850. The quantitative estimate of drug-likeness (QED) is 0.115. The molecule has 5 nitrogen and oxygen atoms in total. The van der Waals surface area contributed by atoms with Crippen LogP contribution in [0.1, 0.15) is 27.8 Å². The monoisotopic (exact) mass is 996 g/mol. The summed E-state index contributed by atoms with van der Waals surface area (Å²) in [5.74, 6) is 0. The predicted molar refractivity (Wildman–Crippen MR) is 327 cm³/mol. The van der Waals surface area contributed by atoms with Gasteiger partial charge >= 0.3 is 0 Å². The Bertz CT molecular complexity index is 4020. The lowest BCUT2D eigenvalue weighted by Crippen LogP contribution is -2.10. The molecule has 0 amide bonds. The maximum atomic E-state index is 6.55. The van der Waals surface area contributed by atoms with Gasteiger partial charge in [0.2, 0.25) is 0 Å². The molecule has 12 aromatic rings. The topological polar surface area (TPSA) is 26.1 Å². The Hall–Kier alpha value is -9.58. The molecular weight excluding hydrogens is 937 g/mol. The van der Waals surface area contributed by atoms with Gasteiger partial charge in [0, 0.05) is 80.4 Å². The molecule has 0 saturated heterocycles. The SMILES string of the molecule is Cc1cccc(N(C)c2ccc(-c3ccc(N(c4ccc(-c5ccc(N(c6cccc(C)c6)c6ccc7oc8ccc(N(c9cccc(C)c9)c9cccc(C)c9)cc8c7c6)cc5)cc4)c4cccc(C)c4)cc3)cc2)c1. The molecule has 0 spiro atoms. The van der Waals surface area contributed by atoms with Crippen LogP contribution in [0.2, 0.25) is 0 Å². The van der Waals surface area contributed by atoms with E-state index in [1.54, 1.807) is 0 Å². The van der Waals surface area contributed by atoms with Crippen LogP contribution in [-0.2, 0) is 0 Å². The first kappa shape index (κ1) is 48.4. The van der Waals surface area contributed by atoms with Crippen LogP contribution in [0.5, 0.6) is 0 Å². The van der Waals surface area contributed by atoms with E-state index in [0.29, 0.717) is 0 Å². The zero-order valence-electron chi connectivity index (χ0n) is 44.4. The fourth-order valence-electron chi connectivity index (χ4n) is 10.7. The maximum Gasteiger partial charge on any atom is 0.135 e. The van der Waals surface area contributed by atoms with Crippen LogP contribution in [0.25, 0.3) is 44.2 Å². The fraction of sp³-hybridized carbons (Fsp3) is 0.0833. The Morgan fingerprint density at radius 2 is 0.481 bits per heavy atom. The van der Waals surface area contributed by atoms with Crippen molar-refractivity contribution in [3.8, 4) is 22.3 Å². The van der Waals surface area contributed by atoms with Gasteiger partial charge in [0.1, 0.15) is 11.2 Å². The van der Waals surface area contributed by atoms with E-state index in [1.807, 2.05) is 0 Å². The first-order valence-corrected chi connectivity index (χ1v) is 26.4. The van der Waals surface area contributed by atoms with Gasteiger partial charge in [-0.25, -0.2) is 0 Å². The van der Waals surface area contributed by atoms with Gasteiger partial charge in [0.25, 0.3) is 0 Å². The number of hydrogen-bond acceptors (Lipinski definition) is 5. The van der Waals surface area contributed by atoms with Crippen LogP contribution in [0.4, 0.5) is 62.6 Å². The van der Waals surface area contributed by atoms with E-state index in [-0.39, 0.29) is 0 Å². The summed E-state index contributed by atoms with van der Waals surface area (Å²) in [6.45, 7) is 10.7. The van der Waals surface area contributed by atoms with Crippen LogP contribution in [0, 0.1) is 34.6 Å². The third-order valence-electron chi connectivity index (χ3n) is 14.7. The summed E-state index contributed by atoms with van der Waals surface area (Å²) in [4.78, 5) is 9.25. The summed E-state index contributed by atoms with van der Waals surface area (Å²) in [5, 5.41) is 2.13. The third-order valence-corrected chi connectivity index (χ3v) is 14.7. The highest BCUT2D eigenvalue weighted by Crippen LogP contribution is 2.44. The highest BCUT2D eigenvalue weighted by molar-refractivity contribution is 6.08. The summed E-state index contributed by atoms with van der Waals surface area (Å²) >= 11 is 0. The Labute approximate surface area is 452 Å². The summed E-state index contributed by atoms with van der Waals surface area (Å²) in [6.07, 6.45) is 0. The van der Waals surface area contributed by atoms with Crippen molar-refractivity contribution in [2.45, 2.75) is 34.6 Å². The Kier molecular flexibility index (Phi) is 13.0. The number of nitrogens with zero attached hydrogens (tertiary/aromatic N) is 4.